The van der Waals surface area contributed by atoms with E-state index in [1.54, 1.807) is 0 Å². The van der Waals surface area contributed by atoms with E-state index in [1.165, 1.54) is 0 Å². The lowest BCUT2D eigenvalue weighted by atomic mass is 10.3. The van der Waals surface area contributed by atoms with Gasteiger partial charge < -0.3 is 0 Å². The van der Waals surface area contributed by atoms with E-state index in [9.17, 15) is 17.6 Å². The number of rotatable bonds is 1. The zero-order valence-corrected chi connectivity index (χ0v) is 6.25. The third-order valence-electron chi connectivity index (χ3n) is 1.11. The molecule has 1 rings (SSSR count). The summed E-state index contributed by atoms with van der Waals surface area (Å²) in [6.07, 6.45) is -3.17. The number of hydrogen-bond acceptors (Lipinski definition) is 1. The highest BCUT2D eigenvalue weighted by atomic mass is 35.5. The van der Waals surface area contributed by atoms with E-state index in [4.69, 9.17) is 11.6 Å². The quantitative estimate of drug-likeness (QED) is 0.501. The molecule has 0 aliphatic carbocycles. The Bertz CT molecular complexity index is 302. The molecule has 0 aromatic carbocycles. The van der Waals surface area contributed by atoms with Crippen LogP contribution in [0.2, 0.25) is 5.15 Å². The molecule has 1 aromatic rings. The number of halogens is 5. The van der Waals surface area contributed by atoms with E-state index in [1.807, 2.05) is 0 Å². The van der Waals surface area contributed by atoms with E-state index in [-0.39, 0.29) is 0 Å². The van der Waals surface area contributed by atoms with Crippen LogP contribution >= 0.6 is 11.6 Å². The number of alkyl halides is 2. The van der Waals surface area contributed by atoms with Crippen LogP contribution < -0.4 is 0 Å². The van der Waals surface area contributed by atoms with Crippen molar-refractivity contribution < 1.29 is 17.6 Å². The van der Waals surface area contributed by atoms with Crippen LogP contribution in [0.4, 0.5) is 17.6 Å². The van der Waals surface area contributed by atoms with E-state index < -0.39 is 28.9 Å². The minimum Gasteiger partial charge on any atom is -0.232 e. The highest BCUT2D eigenvalue weighted by molar-refractivity contribution is 6.29. The predicted octanol–water partition coefficient (Wildman–Crippen LogP) is 2.95. The molecular weight excluding hydrogens is 198 g/mol. The molecule has 0 saturated heterocycles. The molecule has 0 N–H and O–H groups in total. The molecule has 6 heteroatoms. The summed E-state index contributed by atoms with van der Waals surface area (Å²) in [4.78, 5) is 2.93. The average Bonchev–Trinajstić information content (AvgIpc) is 1.96. The Kier molecular flexibility index (Phi) is 2.52. The largest absolute Gasteiger partial charge is 0.283 e. The van der Waals surface area contributed by atoms with Crippen molar-refractivity contribution in [1.82, 2.24) is 4.98 Å². The van der Waals surface area contributed by atoms with Gasteiger partial charge in [-0.2, -0.15) is 0 Å². The van der Waals surface area contributed by atoms with Crippen molar-refractivity contribution >= 4 is 11.6 Å². The SMILES string of the molecule is Fc1cc(Cl)nc(C(F)F)c1F. The Morgan fingerprint density at radius 3 is 2.42 bits per heavy atom. The first kappa shape index (κ1) is 9.25. The van der Waals surface area contributed by atoms with Gasteiger partial charge in [0, 0.05) is 6.07 Å². The van der Waals surface area contributed by atoms with Gasteiger partial charge in [-0.15, -0.1) is 0 Å². The molecule has 1 heterocycles. The fourth-order valence-corrected chi connectivity index (χ4v) is 0.818. The van der Waals surface area contributed by atoms with Crippen LogP contribution in [0.15, 0.2) is 6.07 Å². The summed E-state index contributed by atoms with van der Waals surface area (Å²) >= 11 is 5.12. The van der Waals surface area contributed by atoms with Crippen molar-refractivity contribution in [2.45, 2.75) is 6.43 Å². The zero-order chi connectivity index (χ0) is 9.30. The summed E-state index contributed by atoms with van der Waals surface area (Å²) in [6.45, 7) is 0. The van der Waals surface area contributed by atoms with Crippen molar-refractivity contribution in [3.8, 4) is 0 Å². The molecular formula is C6H2ClF4N. The number of aromatic nitrogens is 1. The molecule has 12 heavy (non-hydrogen) atoms. The molecule has 0 aliphatic heterocycles. The van der Waals surface area contributed by atoms with Crippen molar-refractivity contribution in [2.24, 2.45) is 0 Å². The van der Waals surface area contributed by atoms with Crippen LogP contribution in [0.5, 0.6) is 0 Å². The van der Waals surface area contributed by atoms with Gasteiger partial charge in [0.15, 0.2) is 11.6 Å². The van der Waals surface area contributed by atoms with Gasteiger partial charge >= 0.3 is 0 Å². The van der Waals surface area contributed by atoms with Crippen molar-refractivity contribution in [2.75, 3.05) is 0 Å². The number of pyridine rings is 1. The Hall–Kier alpha value is -0.840. The van der Waals surface area contributed by atoms with Crippen LogP contribution in [0.3, 0.4) is 0 Å². The van der Waals surface area contributed by atoms with Gasteiger partial charge in [0.1, 0.15) is 10.8 Å². The summed E-state index contributed by atoms with van der Waals surface area (Å²) in [6, 6.07) is 0.531. The second kappa shape index (κ2) is 3.26. The molecule has 0 saturated carbocycles. The molecule has 1 aromatic heterocycles. The van der Waals surface area contributed by atoms with E-state index >= 15 is 0 Å². The summed E-state index contributed by atoms with van der Waals surface area (Å²) in [5.41, 5.74) is -1.26. The Morgan fingerprint density at radius 2 is 1.92 bits per heavy atom. The topological polar surface area (TPSA) is 12.9 Å². The van der Waals surface area contributed by atoms with Crippen LogP contribution in [0.25, 0.3) is 0 Å². The van der Waals surface area contributed by atoms with Crippen LogP contribution in [0, 0.1) is 11.6 Å². The van der Waals surface area contributed by atoms with Crippen LogP contribution in [-0.4, -0.2) is 4.98 Å². The number of nitrogens with zero attached hydrogens (tertiary/aromatic N) is 1. The van der Waals surface area contributed by atoms with Crippen LogP contribution in [0.1, 0.15) is 12.1 Å². The number of hydrogen-bond donors (Lipinski definition) is 0. The van der Waals surface area contributed by atoms with Gasteiger partial charge in [-0.25, -0.2) is 22.5 Å². The van der Waals surface area contributed by atoms with Gasteiger partial charge in [-0.05, 0) is 0 Å². The first-order valence-electron chi connectivity index (χ1n) is 2.82. The Morgan fingerprint density at radius 1 is 1.33 bits per heavy atom. The second-order valence-electron chi connectivity index (χ2n) is 1.93. The van der Waals surface area contributed by atoms with E-state index in [0.717, 1.165) is 0 Å². The Balaban J connectivity index is 3.28. The van der Waals surface area contributed by atoms with Crippen molar-refractivity contribution in [1.29, 1.82) is 0 Å². The molecule has 1 nitrogen and oxygen atoms in total. The first-order chi connectivity index (χ1) is 5.52. The fraction of sp³-hybridized carbons (Fsp3) is 0.167. The standard InChI is InChI=1S/C6H2ClF4N/c7-3-1-2(8)4(9)5(12-3)6(10)11/h1,6H. The predicted molar refractivity (Wildman–Crippen MR) is 34.1 cm³/mol. The van der Waals surface area contributed by atoms with E-state index in [0.29, 0.717) is 6.07 Å². The Labute approximate surface area is 70.0 Å². The zero-order valence-electron chi connectivity index (χ0n) is 5.49. The van der Waals surface area contributed by atoms with Crippen LogP contribution in [-0.2, 0) is 0 Å². The molecule has 0 amide bonds. The van der Waals surface area contributed by atoms with E-state index in [2.05, 4.69) is 4.98 Å². The minimum absolute atomic E-state index is 0.496. The molecule has 0 atom stereocenters. The summed E-state index contributed by atoms with van der Waals surface area (Å²) in [5.74, 6) is -3.08. The minimum atomic E-state index is -3.17. The highest BCUT2D eigenvalue weighted by Crippen LogP contribution is 2.23. The third-order valence-corrected chi connectivity index (χ3v) is 1.31. The molecule has 0 bridgehead atoms. The lowest BCUT2D eigenvalue weighted by Crippen LogP contribution is -1.99. The fourth-order valence-electron chi connectivity index (χ4n) is 0.631. The van der Waals surface area contributed by atoms with Crippen molar-refractivity contribution in [3.05, 3.63) is 28.5 Å². The molecule has 66 valence electrons. The van der Waals surface area contributed by atoms with Gasteiger partial charge in [0.25, 0.3) is 6.43 Å². The smallest absolute Gasteiger partial charge is 0.232 e. The van der Waals surface area contributed by atoms with Gasteiger partial charge in [-0.1, -0.05) is 11.6 Å². The van der Waals surface area contributed by atoms with Gasteiger partial charge in [0.2, 0.25) is 0 Å². The summed E-state index contributed by atoms with van der Waals surface area (Å²) in [5, 5.41) is -0.496. The molecule has 0 radical (unpaired) electrons. The average molecular weight is 200 g/mol. The first-order valence-corrected chi connectivity index (χ1v) is 3.19. The van der Waals surface area contributed by atoms with Gasteiger partial charge in [-0.3, -0.25) is 0 Å². The maximum atomic E-state index is 12.5. The molecule has 0 spiro atoms. The maximum absolute atomic E-state index is 12.5. The normalized spacial score (nSPS) is 10.8. The second-order valence-corrected chi connectivity index (χ2v) is 2.31. The molecule has 0 aliphatic rings. The monoisotopic (exact) mass is 199 g/mol. The third kappa shape index (κ3) is 1.66. The summed E-state index contributed by atoms with van der Waals surface area (Å²) < 4.78 is 48.5. The molecule has 0 fully saturated rings. The highest BCUT2D eigenvalue weighted by Gasteiger charge is 2.19. The van der Waals surface area contributed by atoms with Crippen molar-refractivity contribution in [3.63, 3.8) is 0 Å². The molecule has 0 unspecified atom stereocenters. The van der Waals surface area contributed by atoms with Gasteiger partial charge in [0.05, 0.1) is 0 Å². The maximum Gasteiger partial charge on any atom is 0.283 e. The lowest BCUT2D eigenvalue weighted by Gasteiger charge is -2.01. The lowest BCUT2D eigenvalue weighted by molar-refractivity contribution is 0.139. The summed E-state index contributed by atoms with van der Waals surface area (Å²) in [7, 11) is 0.